The van der Waals surface area contributed by atoms with Crippen molar-refractivity contribution in [1.82, 2.24) is 15.5 Å². The minimum atomic E-state index is -1.20. The normalized spacial score (nSPS) is 26.6. The lowest BCUT2D eigenvalue weighted by molar-refractivity contribution is -0.144. The number of likely N-dealkylation sites (tertiary alicyclic amines) is 1. The summed E-state index contributed by atoms with van der Waals surface area (Å²) >= 11 is 0. The summed E-state index contributed by atoms with van der Waals surface area (Å²) < 4.78 is 0. The first-order valence-corrected chi connectivity index (χ1v) is 7.29. The van der Waals surface area contributed by atoms with E-state index in [-0.39, 0.29) is 12.1 Å². The summed E-state index contributed by atoms with van der Waals surface area (Å²) in [7, 11) is 2.07. The van der Waals surface area contributed by atoms with Gasteiger partial charge in [0.05, 0.1) is 0 Å². The van der Waals surface area contributed by atoms with Gasteiger partial charge in [0.2, 0.25) is 0 Å². The van der Waals surface area contributed by atoms with Crippen molar-refractivity contribution in [1.29, 1.82) is 0 Å². The van der Waals surface area contributed by atoms with Crippen molar-refractivity contribution < 1.29 is 14.7 Å². The summed E-state index contributed by atoms with van der Waals surface area (Å²) in [4.78, 5) is 25.6. The predicted molar refractivity (Wildman–Crippen MR) is 77.7 cm³/mol. The monoisotopic (exact) mass is 285 g/mol. The minimum absolute atomic E-state index is 0.103. The maximum absolute atomic E-state index is 12.0. The number of carbonyl (C=O) groups is 2. The van der Waals surface area contributed by atoms with Crippen LogP contribution in [0.5, 0.6) is 0 Å². The number of urea groups is 1. The number of amides is 2. The van der Waals surface area contributed by atoms with Crippen molar-refractivity contribution in [2.45, 2.75) is 51.6 Å². The van der Waals surface area contributed by atoms with Crippen molar-refractivity contribution >= 4 is 12.0 Å². The van der Waals surface area contributed by atoms with Crippen molar-refractivity contribution in [2.24, 2.45) is 5.92 Å². The second-order valence-electron chi connectivity index (χ2n) is 6.12. The molecule has 0 radical (unpaired) electrons. The Labute approximate surface area is 120 Å². The third-order valence-electron chi connectivity index (χ3n) is 4.04. The van der Waals surface area contributed by atoms with E-state index in [1.54, 1.807) is 6.92 Å². The molecule has 6 heteroatoms. The van der Waals surface area contributed by atoms with Gasteiger partial charge in [-0.15, -0.1) is 0 Å². The van der Waals surface area contributed by atoms with Gasteiger partial charge in [0.15, 0.2) is 0 Å². The average molecular weight is 285 g/mol. The van der Waals surface area contributed by atoms with E-state index in [1.165, 1.54) is 0 Å². The molecule has 3 N–H and O–H groups in total. The van der Waals surface area contributed by atoms with Gasteiger partial charge in [0, 0.05) is 12.6 Å². The lowest BCUT2D eigenvalue weighted by Gasteiger charge is -2.36. The van der Waals surface area contributed by atoms with E-state index in [4.69, 9.17) is 0 Å². The second-order valence-corrected chi connectivity index (χ2v) is 6.12. The van der Waals surface area contributed by atoms with Crippen molar-refractivity contribution in [3.8, 4) is 0 Å². The molecule has 1 rings (SSSR count). The SMILES string of the molecule is CCCC(C)(NC(=O)NC1CCN(C)CC1C)C(=O)O. The number of aliphatic carboxylic acids is 1. The first kappa shape index (κ1) is 16.8. The Hall–Kier alpha value is -1.30. The van der Waals surface area contributed by atoms with Crippen LogP contribution in [0.3, 0.4) is 0 Å². The molecule has 0 saturated carbocycles. The van der Waals surface area contributed by atoms with E-state index in [1.807, 2.05) is 6.92 Å². The Morgan fingerprint density at radius 2 is 2.10 bits per heavy atom. The standard InChI is InChI=1S/C14H27N3O3/c1-5-7-14(3,12(18)19)16-13(20)15-11-6-8-17(4)9-10(11)2/h10-11H,5-9H2,1-4H3,(H,18,19)(H2,15,16,20). The van der Waals surface area contributed by atoms with Gasteiger partial charge in [-0.1, -0.05) is 20.3 Å². The molecule has 0 aromatic carbocycles. The van der Waals surface area contributed by atoms with Crippen molar-refractivity contribution in [2.75, 3.05) is 20.1 Å². The summed E-state index contributed by atoms with van der Waals surface area (Å²) in [6.45, 7) is 7.44. The molecule has 0 aliphatic carbocycles. The van der Waals surface area contributed by atoms with Gasteiger partial charge in [-0.25, -0.2) is 9.59 Å². The Kier molecular flexibility index (Phi) is 5.80. The molecule has 1 saturated heterocycles. The Morgan fingerprint density at radius 3 is 2.60 bits per heavy atom. The zero-order chi connectivity index (χ0) is 15.3. The summed E-state index contributed by atoms with van der Waals surface area (Å²) in [5.74, 6) is -0.632. The van der Waals surface area contributed by atoms with E-state index in [2.05, 4.69) is 29.5 Å². The van der Waals surface area contributed by atoms with Crippen LogP contribution in [0, 0.1) is 5.92 Å². The minimum Gasteiger partial charge on any atom is -0.480 e. The maximum atomic E-state index is 12.0. The molecule has 0 bridgehead atoms. The molecule has 1 fully saturated rings. The van der Waals surface area contributed by atoms with Gasteiger partial charge in [-0.2, -0.15) is 0 Å². The average Bonchev–Trinajstić information content (AvgIpc) is 2.32. The smallest absolute Gasteiger partial charge is 0.329 e. The molecule has 6 nitrogen and oxygen atoms in total. The number of nitrogens with one attached hydrogen (secondary N) is 2. The number of carboxylic acid groups (broad SMARTS) is 1. The number of hydrogen-bond acceptors (Lipinski definition) is 3. The van der Waals surface area contributed by atoms with E-state index in [0.717, 1.165) is 19.5 Å². The fourth-order valence-electron chi connectivity index (χ4n) is 2.75. The van der Waals surface area contributed by atoms with Crippen LogP contribution in [-0.2, 0) is 4.79 Å². The van der Waals surface area contributed by atoms with E-state index >= 15 is 0 Å². The lowest BCUT2D eigenvalue weighted by atomic mass is 9.94. The predicted octanol–water partition coefficient (Wildman–Crippen LogP) is 1.27. The van der Waals surface area contributed by atoms with Crippen LogP contribution in [0.4, 0.5) is 4.79 Å². The molecule has 2 amide bonds. The number of nitrogens with zero attached hydrogens (tertiary/aromatic N) is 1. The number of carbonyl (C=O) groups excluding carboxylic acids is 1. The van der Waals surface area contributed by atoms with E-state index in [0.29, 0.717) is 18.8 Å². The van der Waals surface area contributed by atoms with Crippen LogP contribution in [-0.4, -0.2) is 53.7 Å². The van der Waals surface area contributed by atoms with Gasteiger partial charge in [-0.05, 0) is 39.3 Å². The number of carboxylic acids is 1. The summed E-state index contributed by atoms with van der Waals surface area (Å²) in [5, 5.41) is 14.8. The first-order chi connectivity index (χ1) is 9.28. The molecule has 20 heavy (non-hydrogen) atoms. The molecule has 116 valence electrons. The van der Waals surface area contributed by atoms with Crippen LogP contribution < -0.4 is 10.6 Å². The van der Waals surface area contributed by atoms with Gasteiger partial charge in [0.1, 0.15) is 5.54 Å². The van der Waals surface area contributed by atoms with Crippen LogP contribution in [0.15, 0.2) is 0 Å². The quantitative estimate of drug-likeness (QED) is 0.710. The third-order valence-corrected chi connectivity index (χ3v) is 4.04. The molecule has 0 aromatic rings. The zero-order valence-electron chi connectivity index (χ0n) is 12.9. The largest absolute Gasteiger partial charge is 0.480 e. The zero-order valence-corrected chi connectivity index (χ0v) is 12.9. The molecule has 1 aliphatic heterocycles. The molecular formula is C14H27N3O3. The van der Waals surface area contributed by atoms with E-state index in [9.17, 15) is 14.7 Å². The van der Waals surface area contributed by atoms with Crippen LogP contribution in [0.25, 0.3) is 0 Å². The Balaban J connectivity index is 2.56. The highest BCUT2D eigenvalue weighted by Gasteiger charge is 2.35. The number of piperidine rings is 1. The fraction of sp³-hybridized carbons (Fsp3) is 0.857. The first-order valence-electron chi connectivity index (χ1n) is 7.29. The van der Waals surface area contributed by atoms with Crippen LogP contribution in [0.2, 0.25) is 0 Å². The summed E-state index contributed by atoms with van der Waals surface area (Å²) in [5.41, 5.74) is -1.20. The Bertz CT molecular complexity index is 362. The summed E-state index contributed by atoms with van der Waals surface area (Å²) in [6.07, 6.45) is 2.01. The van der Waals surface area contributed by atoms with Crippen molar-refractivity contribution in [3.63, 3.8) is 0 Å². The molecule has 1 aliphatic rings. The van der Waals surface area contributed by atoms with Crippen molar-refractivity contribution in [3.05, 3.63) is 0 Å². The second kappa shape index (κ2) is 6.92. The highest BCUT2D eigenvalue weighted by Crippen LogP contribution is 2.16. The topological polar surface area (TPSA) is 81.7 Å². The van der Waals surface area contributed by atoms with Crippen LogP contribution >= 0.6 is 0 Å². The summed E-state index contributed by atoms with van der Waals surface area (Å²) in [6, 6.07) is -0.282. The van der Waals surface area contributed by atoms with Gasteiger partial charge in [-0.3, -0.25) is 0 Å². The molecule has 1 heterocycles. The van der Waals surface area contributed by atoms with Gasteiger partial charge in [0.25, 0.3) is 0 Å². The third kappa shape index (κ3) is 4.37. The molecular weight excluding hydrogens is 258 g/mol. The van der Waals surface area contributed by atoms with Crippen LogP contribution in [0.1, 0.15) is 40.0 Å². The number of hydrogen-bond donors (Lipinski definition) is 3. The number of rotatable bonds is 5. The lowest BCUT2D eigenvalue weighted by Crippen LogP contribution is -2.58. The maximum Gasteiger partial charge on any atom is 0.329 e. The fourth-order valence-corrected chi connectivity index (χ4v) is 2.75. The van der Waals surface area contributed by atoms with Gasteiger partial charge < -0.3 is 20.6 Å². The highest BCUT2D eigenvalue weighted by molar-refractivity contribution is 5.85. The van der Waals surface area contributed by atoms with E-state index < -0.39 is 11.5 Å². The molecule has 3 atom stereocenters. The Morgan fingerprint density at radius 1 is 1.45 bits per heavy atom. The molecule has 0 aromatic heterocycles. The van der Waals surface area contributed by atoms with Gasteiger partial charge >= 0.3 is 12.0 Å². The highest BCUT2D eigenvalue weighted by atomic mass is 16.4. The molecule has 3 unspecified atom stereocenters. The molecule has 0 spiro atoms.